The van der Waals surface area contributed by atoms with E-state index >= 15 is 0 Å². The van der Waals surface area contributed by atoms with Crippen LogP contribution < -0.4 is 16.4 Å². The van der Waals surface area contributed by atoms with Crippen molar-refractivity contribution in [2.45, 2.75) is 37.3 Å². The molecule has 1 unspecified atom stereocenters. The third kappa shape index (κ3) is 4.22. The van der Waals surface area contributed by atoms with Crippen LogP contribution in [0.4, 0.5) is 26.3 Å². The largest absolute Gasteiger partial charge is 0.418 e. The van der Waals surface area contributed by atoms with Gasteiger partial charge in [0.1, 0.15) is 0 Å². The van der Waals surface area contributed by atoms with E-state index < -0.39 is 35.4 Å². The van der Waals surface area contributed by atoms with Crippen molar-refractivity contribution in [1.82, 2.24) is 15.6 Å². The highest BCUT2D eigenvalue weighted by molar-refractivity contribution is 5.89. The van der Waals surface area contributed by atoms with Crippen molar-refractivity contribution in [3.8, 4) is 0 Å². The van der Waals surface area contributed by atoms with E-state index in [-0.39, 0.29) is 35.3 Å². The molecule has 1 amide bonds. The van der Waals surface area contributed by atoms with Crippen LogP contribution in [0.25, 0.3) is 10.9 Å². The Morgan fingerprint density at radius 3 is 2.57 bits per heavy atom. The quantitative estimate of drug-likeness (QED) is 0.649. The van der Waals surface area contributed by atoms with Gasteiger partial charge in [-0.2, -0.15) is 26.3 Å². The summed E-state index contributed by atoms with van der Waals surface area (Å²) in [5, 5.41) is 5.52. The maximum Gasteiger partial charge on any atom is 0.418 e. The number of fused-ring (bicyclic) bond motifs is 1. The first kappa shape index (κ1) is 22.3. The van der Waals surface area contributed by atoms with Gasteiger partial charge in [-0.25, -0.2) is 0 Å². The van der Waals surface area contributed by atoms with Gasteiger partial charge in [-0.1, -0.05) is 19.1 Å². The van der Waals surface area contributed by atoms with Crippen LogP contribution in [0.1, 0.15) is 24.5 Å². The molecule has 0 spiro atoms. The number of amides is 1. The van der Waals surface area contributed by atoms with Crippen LogP contribution in [-0.4, -0.2) is 36.2 Å². The number of nitrogens with two attached hydrogens (primary N) is 1. The summed E-state index contributed by atoms with van der Waals surface area (Å²) < 4.78 is 79.2. The fraction of sp³-hybridized carbons (Fsp3) is 0.474. The van der Waals surface area contributed by atoms with E-state index in [1.807, 2.05) is 6.92 Å². The highest BCUT2D eigenvalue weighted by atomic mass is 19.4. The number of pyridine rings is 1. The number of rotatable bonds is 3. The minimum atomic E-state index is -4.96. The maximum atomic E-state index is 13.4. The molecule has 164 valence electrons. The minimum absolute atomic E-state index is 0.0308. The summed E-state index contributed by atoms with van der Waals surface area (Å²) in [6, 6.07) is 2.10. The van der Waals surface area contributed by atoms with Crippen molar-refractivity contribution < 1.29 is 31.1 Å². The number of halogens is 6. The average molecular weight is 434 g/mol. The van der Waals surface area contributed by atoms with Crippen LogP contribution in [0, 0.1) is 5.92 Å². The van der Waals surface area contributed by atoms with Crippen molar-refractivity contribution in [3.05, 3.63) is 41.6 Å². The van der Waals surface area contributed by atoms with E-state index in [1.54, 1.807) is 0 Å². The summed E-state index contributed by atoms with van der Waals surface area (Å²) in [4.78, 5) is 16.2. The van der Waals surface area contributed by atoms with Gasteiger partial charge in [-0.15, -0.1) is 0 Å². The Kier molecular flexibility index (Phi) is 5.72. The standard InChI is InChI=1S/C19H20F6N4O/c1-10-7-17(9-27-8-10,29-16(30)15(26)19(23,24)25)12-4-5-13(18(20,21)22)14-11(12)3-2-6-28-14/h2-6,10,15,27H,7-9,26H2,1H3,(H,29,30)/t10-,15?,17-/m0/s1. The lowest BCUT2D eigenvalue weighted by atomic mass is 9.77. The second-order valence-corrected chi connectivity index (χ2v) is 7.59. The summed E-state index contributed by atoms with van der Waals surface area (Å²) >= 11 is 0. The maximum absolute atomic E-state index is 13.4. The molecule has 0 saturated carbocycles. The molecule has 0 aliphatic carbocycles. The first-order valence-corrected chi connectivity index (χ1v) is 9.15. The predicted molar refractivity (Wildman–Crippen MR) is 97.2 cm³/mol. The molecule has 0 radical (unpaired) electrons. The Balaban J connectivity index is 2.16. The zero-order chi connectivity index (χ0) is 22.3. The molecule has 1 saturated heterocycles. The molecule has 30 heavy (non-hydrogen) atoms. The van der Waals surface area contributed by atoms with E-state index in [0.717, 1.165) is 6.07 Å². The van der Waals surface area contributed by atoms with Crippen LogP contribution in [-0.2, 0) is 16.5 Å². The van der Waals surface area contributed by atoms with Crippen molar-refractivity contribution in [2.24, 2.45) is 11.7 Å². The van der Waals surface area contributed by atoms with Crippen molar-refractivity contribution in [2.75, 3.05) is 13.1 Å². The molecule has 11 heteroatoms. The number of benzene rings is 1. The summed E-state index contributed by atoms with van der Waals surface area (Å²) in [5.41, 5.74) is 2.62. The number of hydrogen-bond donors (Lipinski definition) is 3. The van der Waals surface area contributed by atoms with E-state index in [2.05, 4.69) is 15.6 Å². The molecule has 1 aromatic carbocycles. The second kappa shape index (κ2) is 7.69. The lowest BCUT2D eigenvalue weighted by Crippen LogP contribution is -2.62. The van der Waals surface area contributed by atoms with Crippen molar-refractivity contribution in [1.29, 1.82) is 0 Å². The Morgan fingerprint density at radius 2 is 1.97 bits per heavy atom. The molecular formula is C19H20F6N4O. The van der Waals surface area contributed by atoms with Crippen molar-refractivity contribution >= 4 is 16.8 Å². The van der Waals surface area contributed by atoms with Gasteiger partial charge >= 0.3 is 12.4 Å². The number of alkyl halides is 6. The third-order valence-electron chi connectivity index (χ3n) is 5.20. The van der Waals surface area contributed by atoms with Gasteiger partial charge in [-0.05, 0) is 36.6 Å². The Hall–Kier alpha value is -2.40. The Labute approximate surface area is 168 Å². The van der Waals surface area contributed by atoms with E-state index in [1.165, 1.54) is 24.4 Å². The van der Waals surface area contributed by atoms with Gasteiger partial charge in [0, 0.05) is 18.1 Å². The fourth-order valence-electron chi connectivity index (χ4n) is 3.92. The molecule has 1 aliphatic heterocycles. The fourth-order valence-corrected chi connectivity index (χ4v) is 3.92. The van der Waals surface area contributed by atoms with Gasteiger partial charge in [0.05, 0.1) is 16.6 Å². The van der Waals surface area contributed by atoms with Crippen LogP contribution in [0.3, 0.4) is 0 Å². The lowest BCUT2D eigenvalue weighted by molar-refractivity contribution is -0.164. The highest BCUT2D eigenvalue weighted by Gasteiger charge is 2.47. The molecule has 0 bridgehead atoms. The van der Waals surface area contributed by atoms with Crippen LogP contribution in [0.5, 0.6) is 0 Å². The lowest BCUT2D eigenvalue weighted by Gasteiger charge is -2.43. The Morgan fingerprint density at radius 1 is 1.27 bits per heavy atom. The SMILES string of the molecule is C[C@@H]1CNC[C@](NC(=O)C(N)C(F)(F)F)(c2ccc(C(F)(F)F)c3ncccc23)C1. The molecule has 5 nitrogen and oxygen atoms in total. The van der Waals surface area contributed by atoms with Gasteiger partial charge < -0.3 is 16.4 Å². The normalized spacial score (nSPS) is 23.9. The summed E-state index contributed by atoms with van der Waals surface area (Å²) in [7, 11) is 0. The number of carbonyl (C=O) groups excluding carboxylic acids is 1. The van der Waals surface area contributed by atoms with Crippen LogP contribution in [0.15, 0.2) is 30.5 Å². The Bertz CT molecular complexity index is 945. The van der Waals surface area contributed by atoms with E-state index in [4.69, 9.17) is 5.73 Å². The van der Waals surface area contributed by atoms with Gasteiger partial charge in [0.2, 0.25) is 5.91 Å². The van der Waals surface area contributed by atoms with Gasteiger partial charge in [0.25, 0.3) is 0 Å². The van der Waals surface area contributed by atoms with E-state index in [9.17, 15) is 31.1 Å². The summed E-state index contributed by atoms with van der Waals surface area (Å²) in [5.74, 6) is -1.52. The van der Waals surface area contributed by atoms with Crippen molar-refractivity contribution in [3.63, 3.8) is 0 Å². The molecule has 1 aromatic heterocycles. The number of nitrogens with one attached hydrogen (secondary N) is 2. The number of aromatic nitrogens is 1. The first-order valence-electron chi connectivity index (χ1n) is 9.15. The zero-order valence-electron chi connectivity index (χ0n) is 15.9. The molecule has 3 rings (SSSR count). The number of piperidine rings is 1. The average Bonchev–Trinajstić information content (AvgIpc) is 2.64. The first-order chi connectivity index (χ1) is 13.8. The molecule has 1 fully saturated rings. The van der Waals surface area contributed by atoms with Gasteiger partial charge in [-0.3, -0.25) is 9.78 Å². The number of nitrogens with zero attached hydrogens (tertiary/aromatic N) is 1. The van der Waals surface area contributed by atoms with Crippen LogP contribution in [0.2, 0.25) is 0 Å². The third-order valence-corrected chi connectivity index (χ3v) is 5.20. The van der Waals surface area contributed by atoms with E-state index in [0.29, 0.717) is 6.54 Å². The minimum Gasteiger partial charge on any atom is -0.344 e. The van der Waals surface area contributed by atoms with Gasteiger partial charge in [0.15, 0.2) is 6.04 Å². The smallest absolute Gasteiger partial charge is 0.344 e. The molecule has 4 N–H and O–H groups in total. The summed E-state index contributed by atoms with van der Waals surface area (Å²) in [6.45, 7) is 2.39. The number of carbonyl (C=O) groups is 1. The van der Waals surface area contributed by atoms with Crippen LogP contribution >= 0.6 is 0 Å². The number of hydrogen-bond acceptors (Lipinski definition) is 4. The molecule has 2 aromatic rings. The second-order valence-electron chi connectivity index (χ2n) is 7.59. The molecule has 1 aliphatic rings. The molecule has 2 heterocycles. The predicted octanol–water partition coefficient (Wildman–Crippen LogP) is 3.08. The molecular weight excluding hydrogens is 414 g/mol. The monoisotopic (exact) mass is 434 g/mol. The zero-order valence-corrected chi connectivity index (χ0v) is 15.9. The molecule has 3 atom stereocenters. The topological polar surface area (TPSA) is 80.0 Å². The summed E-state index contributed by atoms with van der Waals surface area (Å²) in [6.07, 6.45) is -8.21. The highest BCUT2D eigenvalue weighted by Crippen LogP contribution is 2.40.